The largest absolute Gasteiger partial charge is 0.481 e. The van der Waals surface area contributed by atoms with Crippen molar-refractivity contribution >= 4 is 5.97 Å². The first kappa shape index (κ1) is 15.9. The molecule has 118 valence electrons. The van der Waals surface area contributed by atoms with Crippen molar-refractivity contribution in [3.8, 4) is 0 Å². The minimum absolute atomic E-state index is 0.230. The van der Waals surface area contributed by atoms with Gasteiger partial charge in [-0.2, -0.15) is 5.10 Å². The monoisotopic (exact) mass is 294 g/mol. The Morgan fingerprint density at radius 3 is 2.90 bits per heavy atom. The molecule has 1 N–H and O–H groups in total. The second kappa shape index (κ2) is 7.02. The summed E-state index contributed by atoms with van der Waals surface area (Å²) in [5.41, 5.74) is 0. The van der Waals surface area contributed by atoms with E-state index < -0.39 is 5.97 Å². The summed E-state index contributed by atoms with van der Waals surface area (Å²) in [5, 5.41) is 13.2. The Bertz CT molecular complexity index is 472. The van der Waals surface area contributed by atoms with Crippen LogP contribution in [0.4, 0.5) is 0 Å². The molecule has 0 aliphatic carbocycles. The molecule has 1 aliphatic heterocycles. The first-order valence-corrected chi connectivity index (χ1v) is 7.80. The van der Waals surface area contributed by atoms with Crippen LogP contribution in [0.1, 0.15) is 51.9 Å². The predicted octanol–water partition coefficient (Wildman–Crippen LogP) is 2.18. The molecule has 6 nitrogen and oxygen atoms in total. The molecule has 0 radical (unpaired) electrons. The molecule has 1 aromatic rings. The Labute approximate surface area is 126 Å². The average molecular weight is 294 g/mol. The molecule has 0 saturated carbocycles. The third kappa shape index (κ3) is 4.27. The highest BCUT2D eigenvalue weighted by Gasteiger charge is 2.26. The Morgan fingerprint density at radius 1 is 1.48 bits per heavy atom. The van der Waals surface area contributed by atoms with E-state index in [1.165, 1.54) is 0 Å². The highest BCUT2D eigenvalue weighted by atomic mass is 16.4. The topological polar surface area (TPSA) is 71.2 Å². The van der Waals surface area contributed by atoms with Gasteiger partial charge in [-0.15, -0.1) is 0 Å². The number of nitrogens with zero attached hydrogens (tertiary/aromatic N) is 4. The van der Waals surface area contributed by atoms with E-state index >= 15 is 0 Å². The Hall–Kier alpha value is -1.43. The van der Waals surface area contributed by atoms with E-state index in [9.17, 15) is 4.79 Å². The molecule has 6 heteroatoms. The summed E-state index contributed by atoms with van der Waals surface area (Å²) in [5.74, 6) is 0.995. The third-order valence-electron chi connectivity index (χ3n) is 4.34. The number of likely N-dealkylation sites (tertiary alicyclic amines) is 1. The molecule has 1 aliphatic rings. The van der Waals surface area contributed by atoms with Crippen LogP contribution in [0.3, 0.4) is 0 Å². The summed E-state index contributed by atoms with van der Waals surface area (Å²) in [6.45, 7) is 9.08. The van der Waals surface area contributed by atoms with Crippen LogP contribution in [0, 0.1) is 11.8 Å². The van der Waals surface area contributed by atoms with Crippen molar-refractivity contribution in [2.24, 2.45) is 11.8 Å². The van der Waals surface area contributed by atoms with Gasteiger partial charge in [0, 0.05) is 19.0 Å². The van der Waals surface area contributed by atoms with Gasteiger partial charge in [0.05, 0.1) is 6.54 Å². The lowest BCUT2D eigenvalue weighted by Crippen LogP contribution is -2.38. The number of hydrogen-bond donors (Lipinski definition) is 1. The molecular weight excluding hydrogens is 268 g/mol. The summed E-state index contributed by atoms with van der Waals surface area (Å²) in [7, 11) is 0. The van der Waals surface area contributed by atoms with Gasteiger partial charge >= 0.3 is 5.97 Å². The fourth-order valence-corrected chi connectivity index (χ4v) is 3.16. The zero-order valence-electron chi connectivity index (χ0n) is 13.2. The second-order valence-corrected chi connectivity index (χ2v) is 6.43. The van der Waals surface area contributed by atoms with Crippen molar-refractivity contribution in [2.75, 3.05) is 13.1 Å². The number of aliphatic carboxylic acids is 1. The first-order chi connectivity index (χ1) is 9.97. The van der Waals surface area contributed by atoms with Crippen molar-refractivity contribution < 1.29 is 9.90 Å². The second-order valence-electron chi connectivity index (χ2n) is 6.43. The molecule has 1 fully saturated rings. The van der Waals surface area contributed by atoms with Gasteiger partial charge in [0.25, 0.3) is 0 Å². The maximum atomic E-state index is 10.9. The van der Waals surface area contributed by atoms with Gasteiger partial charge in [-0.3, -0.25) is 9.69 Å². The summed E-state index contributed by atoms with van der Waals surface area (Å²) in [6.07, 6.45) is 4.14. The van der Waals surface area contributed by atoms with Crippen LogP contribution in [0.25, 0.3) is 0 Å². The number of piperidine rings is 1. The normalized spacial score (nSPS) is 21.6. The standard InChI is InChI=1S/C15H26N4O2/c1-11(2)19-14(16-10-17-19)9-18-6-4-5-13(8-18)12(3)7-15(20)21/h10-13H,4-9H2,1-3H3,(H,20,21). The van der Waals surface area contributed by atoms with E-state index in [2.05, 4.69) is 35.8 Å². The van der Waals surface area contributed by atoms with E-state index in [1.54, 1.807) is 6.33 Å². The van der Waals surface area contributed by atoms with Crippen LogP contribution >= 0.6 is 0 Å². The van der Waals surface area contributed by atoms with E-state index in [-0.39, 0.29) is 12.3 Å². The number of aromatic nitrogens is 3. The number of carboxylic acid groups (broad SMARTS) is 1. The molecule has 0 aromatic carbocycles. The van der Waals surface area contributed by atoms with Crippen LogP contribution in [-0.2, 0) is 11.3 Å². The smallest absolute Gasteiger partial charge is 0.303 e. The van der Waals surface area contributed by atoms with Crippen molar-refractivity contribution in [3.05, 3.63) is 12.2 Å². The highest BCUT2D eigenvalue weighted by Crippen LogP contribution is 2.27. The number of carboxylic acids is 1. The van der Waals surface area contributed by atoms with Gasteiger partial charge in [-0.05, 0) is 45.1 Å². The summed E-state index contributed by atoms with van der Waals surface area (Å²) >= 11 is 0. The van der Waals surface area contributed by atoms with Gasteiger partial charge in [0.1, 0.15) is 12.2 Å². The zero-order chi connectivity index (χ0) is 15.4. The SMILES string of the molecule is CC(CC(=O)O)C1CCCN(Cc2ncnn2C(C)C)C1. The van der Waals surface area contributed by atoms with E-state index in [1.807, 2.05) is 4.68 Å². The Balaban J connectivity index is 1.95. The minimum Gasteiger partial charge on any atom is -0.481 e. The van der Waals surface area contributed by atoms with Gasteiger partial charge in [-0.1, -0.05) is 6.92 Å². The van der Waals surface area contributed by atoms with Crippen LogP contribution in [-0.4, -0.2) is 43.8 Å². The van der Waals surface area contributed by atoms with E-state index in [0.717, 1.165) is 38.3 Å². The number of carbonyl (C=O) groups is 1. The predicted molar refractivity (Wildman–Crippen MR) is 79.8 cm³/mol. The molecule has 2 heterocycles. The van der Waals surface area contributed by atoms with Gasteiger partial charge in [0.2, 0.25) is 0 Å². The first-order valence-electron chi connectivity index (χ1n) is 7.80. The number of rotatable bonds is 6. The molecule has 21 heavy (non-hydrogen) atoms. The van der Waals surface area contributed by atoms with Crippen molar-refractivity contribution in [2.45, 2.75) is 52.6 Å². The van der Waals surface area contributed by atoms with Gasteiger partial charge in [0.15, 0.2) is 0 Å². The summed E-state index contributed by atoms with van der Waals surface area (Å²) in [6, 6.07) is 0.314. The molecular formula is C15H26N4O2. The zero-order valence-corrected chi connectivity index (χ0v) is 13.2. The fraction of sp³-hybridized carbons (Fsp3) is 0.800. The minimum atomic E-state index is -0.695. The molecule has 0 bridgehead atoms. The molecule has 2 atom stereocenters. The summed E-state index contributed by atoms with van der Waals surface area (Å²) in [4.78, 5) is 17.6. The van der Waals surface area contributed by atoms with Gasteiger partial charge < -0.3 is 5.11 Å². The van der Waals surface area contributed by atoms with Crippen molar-refractivity contribution in [1.29, 1.82) is 0 Å². The van der Waals surface area contributed by atoms with Crippen LogP contribution < -0.4 is 0 Å². The van der Waals surface area contributed by atoms with Crippen LogP contribution in [0.5, 0.6) is 0 Å². The fourth-order valence-electron chi connectivity index (χ4n) is 3.16. The Kier molecular flexibility index (Phi) is 5.33. The lowest BCUT2D eigenvalue weighted by atomic mass is 9.84. The average Bonchev–Trinajstić information content (AvgIpc) is 2.86. The van der Waals surface area contributed by atoms with Gasteiger partial charge in [-0.25, -0.2) is 9.67 Å². The molecule has 1 aromatic heterocycles. The van der Waals surface area contributed by atoms with Crippen LogP contribution in [0.15, 0.2) is 6.33 Å². The molecule has 2 rings (SSSR count). The van der Waals surface area contributed by atoms with Crippen molar-refractivity contribution in [1.82, 2.24) is 19.7 Å². The third-order valence-corrected chi connectivity index (χ3v) is 4.34. The maximum absolute atomic E-state index is 10.9. The van der Waals surface area contributed by atoms with Crippen molar-refractivity contribution in [3.63, 3.8) is 0 Å². The van der Waals surface area contributed by atoms with E-state index in [0.29, 0.717) is 12.0 Å². The number of hydrogen-bond acceptors (Lipinski definition) is 4. The molecule has 0 amide bonds. The lowest BCUT2D eigenvalue weighted by molar-refractivity contribution is -0.138. The molecule has 0 spiro atoms. The van der Waals surface area contributed by atoms with E-state index in [4.69, 9.17) is 5.11 Å². The maximum Gasteiger partial charge on any atom is 0.303 e. The summed E-state index contributed by atoms with van der Waals surface area (Å²) < 4.78 is 1.96. The Morgan fingerprint density at radius 2 is 2.24 bits per heavy atom. The molecule has 2 unspecified atom stereocenters. The van der Waals surface area contributed by atoms with Crippen LogP contribution in [0.2, 0.25) is 0 Å². The highest BCUT2D eigenvalue weighted by molar-refractivity contribution is 5.67. The molecule has 1 saturated heterocycles. The lowest BCUT2D eigenvalue weighted by Gasteiger charge is -2.35. The quantitative estimate of drug-likeness (QED) is 0.870.